The van der Waals surface area contributed by atoms with Crippen LogP contribution in [0.5, 0.6) is 0 Å². The van der Waals surface area contributed by atoms with Crippen LogP contribution in [0.4, 0.5) is 0 Å². The summed E-state index contributed by atoms with van der Waals surface area (Å²) in [7, 11) is 0. The van der Waals surface area contributed by atoms with Gasteiger partial charge >= 0.3 is 0 Å². The van der Waals surface area contributed by atoms with Gasteiger partial charge < -0.3 is 0 Å². The van der Waals surface area contributed by atoms with Gasteiger partial charge in [-0.3, -0.25) is 4.79 Å². The standard InChI is InChI=1S/C30H46Cl2O/c1-25(2)21-10-13-30(7)22(28(21,5)12-11-23(25)31)9-8-19-20-18-27(4,24(32)33)15-14-26(20,3)16-17-29(19,30)6/h8,20-23H,9-18H2,1-7H3/t20-,21?,22?,23-,26+,27-,28-,29-,30+/m0/s1. The van der Waals surface area contributed by atoms with Crippen molar-refractivity contribution in [2.24, 2.45) is 50.2 Å². The van der Waals surface area contributed by atoms with Crippen molar-refractivity contribution < 1.29 is 4.79 Å². The van der Waals surface area contributed by atoms with Crippen LogP contribution in [-0.2, 0) is 4.79 Å². The van der Waals surface area contributed by atoms with Gasteiger partial charge in [-0.25, -0.2) is 0 Å². The summed E-state index contributed by atoms with van der Waals surface area (Å²) in [6.45, 7) is 17.4. The van der Waals surface area contributed by atoms with Crippen molar-refractivity contribution in [2.75, 3.05) is 0 Å². The molecule has 0 bridgehead atoms. The van der Waals surface area contributed by atoms with Crippen LogP contribution >= 0.6 is 23.2 Å². The lowest BCUT2D eigenvalue weighted by atomic mass is 9.34. The average Bonchev–Trinajstić information content (AvgIpc) is 2.73. The molecular weight excluding hydrogens is 447 g/mol. The topological polar surface area (TPSA) is 17.1 Å². The van der Waals surface area contributed by atoms with Gasteiger partial charge in [-0.15, -0.1) is 11.6 Å². The van der Waals surface area contributed by atoms with E-state index in [1.165, 1.54) is 38.5 Å². The third-order valence-electron chi connectivity index (χ3n) is 13.2. The second-order valence-corrected chi connectivity index (χ2v) is 15.7. The number of allylic oxidation sites excluding steroid dienone is 2. The van der Waals surface area contributed by atoms with Gasteiger partial charge in [0.05, 0.1) is 0 Å². The van der Waals surface area contributed by atoms with E-state index in [0.29, 0.717) is 33.5 Å². The quantitative estimate of drug-likeness (QED) is 0.202. The SMILES string of the molecule is CC1(C)C2CC[C@]3(C)C(CC=C4[C@@H]5C[C@@](C)(C(=O)Cl)CC[C@]5(C)CC[C@@]43C)[C@@]2(C)CC[C@@H]1Cl. The molecule has 0 aliphatic heterocycles. The number of rotatable bonds is 1. The number of fused-ring (bicyclic) bond motifs is 7. The van der Waals surface area contributed by atoms with Gasteiger partial charge in [-0.1, -0.05) is 60.1 Å². The van der Waals surface area contributed by atoms with Gasteiger partial charge in [0.15, 0.2) is 0 Å². The Labute approximate surface area is 212 Å². The molecule has 3 heteroatoms. The van der Waals surface area contributed by atoms with E-state index in [4.69, 9.17) is 23.2 Å². The van der Waals surface area contributed by atoms with Crippen molar-refractivity contribution in [2.45, 2.75) is 118 Å². The Bertz CT molecular complexity index is 892. The van der Waals surface area contributed by atoms with Crippen molar-refractivity contribution >= 4 is 28.4 Å². The zero-order chi connectivity index (χ0) is 24.2. The van der Waals surface area contributed by atoms with Crippen LogP contribution in [0.3, 0.4) is 0 Å². The molecule has 4 saturated carbocycles. The van der Waals surface area contributed by atoms with Gasteiger partial charge in [0.2, 0.25) is 5.24 Å². The van der Waals surface area contributed by atoms with Crippen LogP contribution < -0.4 is 0 Å². The summed E-state index contributed by atoms with van der Waals surface area (Å²) in [5.41, 5.74) is 2.76. The largest absolute Gasteiger partial charge is 0.281 e. The fraction of sp³-hybridized carbons (Fsp3) is 0.900. The van der Waals surface area contributed by atoms with E-state index in [2.05, 4.69) is 54.5 Å². The van der Waals surface area contributed by atoms with Crippen LogP contribution in [0.25, 0.3) is 0 Å². The molecule has 0 aromatic heterocycles. The Morgan fingerprint density at radius 1 is 0.879 bits per heavy atom. The normalized spacial score (nSPS) is 55.4. The molecule has 0 amide bonds. The summed E-state index contributed by atoms with van der Waals surface area (Å²) in [6, 6.07) is 0. The zero-order valence-electron chi connectivity index (χ0n) is 22.1. The van der Waals surface area contributed by atoms with Crippen molar-refractivity contribution in [3.63, 3.8) is 0 Å². The number of hydrogen-bond donors (Lipinski definition) is 0. The molecule has 0 radical (unpaired) electrons. The molecule has 4 fully saturated rings. The molecule has 0 aromatic rings. The van der Waals surface area contributed by atoms with Crippen molar-refractivity contribution in [1.82, 2.24) is 0 Å². The lowest BCUT2D eigenvalue weighted by Gasteiger charge is -2.71. The van der Waals surface area contributed by atoms with Crippen LogP contribution in [0, 0.1) is 50.2 Å². The maximum atomic E-state index is 12.5. The van der Waals surface area contributed by atoms with Crippen LogP contribution in [0.2, 0.25) is 0 Å². The third kappa shape index (κ3) is 3.06. The Kier molecular flexibility index (Phi) is 5.44. The van der Waals surface area contributed by atoms with Gasteiger partial charge in [0.1, 0.15) is 0 Å². The summed E-state index contributed by atoms with van der Waals surface area (Å²) < 4.78 is 0. The summed E-state index contributed by atoms with van der Waals surface area (Å²) in [5.74, 6) is 1.92. The van der Waals surface area contributed by atoms with Gasteiger partial charge in [0, 0.05) is 10.8 Å². The molecule has 0 N–H and O–H groups in total. The monoisotopic (exact) mass is 492 g/mol. The molecule has 5 rings (SSSR count). The maximum Gasteiger partial charge on any atom is 0.227 e. The summed E-state index contributed by atoms with van der Waals surface area (Å²) in [6.07, 6.45) is 14.5. The Balaban J connectivity index is 1.57. The van der Waals surface area contributed by atoms with Crippen molar-refractivity contribution in [1.29, 1.82) is 0 Å². The molecular formula is C30H46Cl2O. The summed E-state index contributed by atoms with van der Waals surface area (Å²) in [4.78, 5) is 12.5. The first-order valence-corrected chi connectivity index (χ1v) is 14.5. The fourth-order valence-electron chi connectivity index (χ4n) is 10.5. The highest BCUT2D eigenvalue weighted by atomic mass is 35.5. The minimum atomic E-state index is -0.366. The first-order valence-electron chi connectivity index (χ1n) is 13.7. The number of carbonyl (C=O) groups is 1. The second-order valence-electron chi connectivity index (χ2n) is 14.9. The first-order chi connectivity index (χ1) is 15.1. The van der Waals surface area contributed by atoms with E-state index < -0.39 is 0 Å². The van der Waals surface area contributed by atoms with E-state index in [1.807, 2.05) is 0 Å². The summed E-state index contributed by atoms with van der Waals surface area (Å²) >= 11 is 13.1. The minimum Gasteiger partial charge on any atom is -0.281 e. The lowest BCUT2D eigenvalue weighted by molar-refractivity contribution is -0.178. The second kappa shape index (κ2) is 7.27. The van der Waals surface area contributed by atoms with Crippen LogP contribution in [0.15, 0.2) is 11.6 Å². The van der Waals surface area contributed by atoms with Gasteiger partial charge in [-0.05, 0) is 121 Å². The highest BCUT2D eigenvalue weighted by molar-refractivity contribution is 6.64. The Morgan fingerprint density at radius 3 is 2.21 bits per heavy atom. The van der Waals surface area contributed by atoms with Crippen LogP contribution in [-0.4, -0.2) is 10.6 Å². The number of hydrogen-bond acceptors (Lipinski definition) is 1. The van der Waals surface area contributed by atoms with Crippen molar-refractivity contribution in [3.8, 4) is 0 Å². The third-order valence-corrected chi connectivity index (χ3v) is 14.5. The smallest absolute Gasteiger partial charge is 0.227 e. The molecule has 0 aromatic carbocycles. The molecule has 0 spiro atoms. The molecule has 0 heterocycles. The maximum absolute atomic E-state index is 12.5. The molecule has 0 saturated heterocycles. The molecule has 33 heavy (non-hydrogen) atoms. The molecule has 2 unspecified atom stereocenters. The van der Waals surface area contributed by atoms with E-state index in [-0.39, 0.29) is 21.5 Å². The molecule has 5 aliphatic rings. The summed E-state index contributed by atoms with van der Waals surface area (Å²) in [5, 5.41) is 0.180. The van der Waals surface area contributed by atoms with E-state index in [0.717, 1.165) is 31.6 Å². The lowest BCUT2D eigenvalue weighted by Crippen LogP contribution is -2.64. The van der Waals surface area contributed by atoms with Gasteiger partial charge in [-0.2, -0.15) is 0 Å². The van der Waals surface area contributed by atoms with E-state index >= 15 is 0 Å². The first kappa shape index (κ1) is 24.7. The predicted octanol–water partition coefficient (Wildman–Crippen LogP) is 9.16. The number of carbonyl (C=O) groups excluding carboxylic acids is 1. The zero-order valence-corrected chi connectivity index (χ0v) is 23.6. The Hall–Kier alpha value is -0.0100. The van der Waals surface area contributed by atoms with E-state index in [9.17, 15) is 4.79 Å². The van der Waals surface area contributed by atoms with Crippen LogP contribution in [0.1, 0.15) is 113 Å². The number of halogens is 2. The molecule has 1 nitrogen and oxygen atoms in total. The molecule has 5 aliphatic carbocycles. The Morgan fingerprint density at radius 2 is 1.55 bits per heavy atom. The highest BCUT2D eigenvalue weighted by Crippen LogP contribution is 2.75. The fourth-order valence-corrected chi connectivity index (χ4v) is 10.9. The molecule has 9 atom stereocenters. The highest BCUT2D eigenvalue weighted by Gasteiger charge is 2.68. The van der Waals surface area contributed by atoms with Crippen molar-refractivity contribution in [3.05, 3.63) is 11.6 Å². The predicted molar refractivity (Wildman–Crippen MR) is 140 cm³/mol. The van der Waals surface area contributed by atoms with Gasteiger partial charge in [0.25, 0.3) is 0 Å². The minimum absolute atomic E-state index is 0.120. The van der Waals surface area contributed by atoms with E-state index in [1.54, 1.807) is 5.57 Å². The number of alkyl halides is 1. The average molecular weight is 494 g/mol. The molecule has 186 valence electrons.